The number of nitrogens with zero attached hydrogens (tertiary/aromatic N) is 1. The monoisotopic (exact) mass is 301 g/mol. The summed E-state index contributed by atoms with van der Waals surface area (Å²) < 4.78 is 29.7. The minimum atomic E-state index is -3.51. The van der Waals surface area contributed by atoms with E-state index in [4.69, 9.17) is 5.73 Å². The molecule has 0 amide bonds. The lowest BCUT2D eigenvalue weighted by atomic mass is 9.98. The van der Waals surface area contributed by atoms with Crippen LogP contribution in [0.2, 0.25) is 0 Å². The second kappa shape index (κ2) is 6.28. The van der Waals surface area contributed by atoms with Gasteiger partial charge in [0.1, 0.15) is 0 Å². The Kier molecular flexibility index (Phi) is 5.40. The van der Waals surface area contributed by atoms with Gasteiger partial charge in [-0.1, -0.05) is 13.8 Å². The van der Waals surface area contributed by atoms with E-state index in [2.05, 4.69) is 4.72 Å². The van der Waals surface area contributed by atoms with E-state index in [0.29, 0.717) is 11.4 Å². The second-order valence-corrected chi connectivity index (χ2v) is 7.43. The summed E-state index contributed by atoms with van der Waals surface area (Å²) in [7, 11) is -3.51. The lowest BCUT2D eigenvalue weighted by Gasteiger charge is -2.27. The highest BCUT2D eigenvalue weighted by molar-refractivity contribution is 7.89. The van der Waals surface area contributed by atoms with Crippen molar-refractivity contribution in [2.24, 2.45) is 5.73 Å². The molecule has 1 rings (SSSR count). The molecule has 3 N–H and O–H groups in total. The highest BCUT2D eigenvalue weighted by Gasteiger charge is 2.28. The van der Waals surface area contributed by atoms with Crippen LogP contribution >= 0.6 is 0 Å². The van der Waals surface area contributed by atoms with Gasteiger partial charge in [0.25, 0.3) is 0 Å². The Bertz CT molecular complexity index is 543. The summed E-state index contributed by atoms with van der Waals surface area (Å²) in [6, 6.07) is 1.84. The van der Waals surface area contributed by atoms with Crippen molar-refractivity contribution in [3.8, 4) is 0 Å². The first-order valence-corrected chi connectivity index (χ1v) is 8.62. The zero-order valence-electron chi connectivity index (χ0n) is 13.1. The summed E-state index contributed by atoms with van der Waals surface area (Å²) in [6.07, 6.45) is 3.16. The Morgan fingerprint density at radius 1 is 1.35 bits per heavy atom. The third-order valence-electron chi connectivity index (χ3n) is 3.92. The lowest BCUT2D eigenvalue weighted by Crippen LogP contribution is -2.44. The van der Waals surface area contributed by atoms with Gasteiger partial charge in [-0.15, -0.1) is 0 Å². The van der Waals surface area contributed by atoms with E-state index in [0.717, 1.165) is 18.5 Å². The van der Waals surface area contributed by atoms with Crippen LogP contribution in [0.25, 0.3) is 0 Å². The summed E-state index contributed by atoms with van der Waals surface area (Å²) in [4.78, 5) is 0.291. The van der Waals surface area contributed by atoms with Crippen LogP contribution in [-0.2, 0) is 16.6 Å². The summed E-state index contributed by atoms with van der Waals surface area (Å²) in [5.74, 6) is 0. The molecule has 116 valence electrons. The Labute approximate surface area is 122 Å². The number of nitrogens with two attached hydrogens (primary N) is 1. The minimum Gasteiger partial charge on any atom is -0.346 e. The van der Waals surface area contributed by atoms with Crippen LogP contribution in [0.4, 0.5) is 0 Å². The molecule has 6 heteroatoms. The number of aromatic nitrogens is 1. The Morgan fingerprint density at radius 3 is 2.25 bits per heavy atom. The highest BCUT2D eigenvalue weighted by atomic mass is 32.2. The molecule has 0 fully saturated rings. The summed E-state index contributed by atoms with van der Waals surface area (Å²) in [5.41, 5.74) is 6.10. The van der Waals surface area contributed by atoms with Gasteiger partial charge in [0.2, 0.25) is 10.0 Å². The van der Waals surface area contributed by atoms with Gasteiger partial charge in [0, 0.05) is 30.0 Å². The average Bonchev–Trinajstić information content (AvgIpc) is 2.83. The largest absolute Gasteiger partial charge is 0.346 e. The predicted octanol–water partition coefficient (Wildman–Crippen LogP) is 2.38. The van der Waals surface area contributed by atoms with Crippen molar-refractivity contribution in [1.82, 2.24) is 9.29 Å². The van der Waals surface area contributed by atoms with E-state index in [1.807, 2.05) is 39.2 Å². The molecule has 0 unspecified atom stereocenters. The Morgan fingerprint density at radius 2 is 1.90 bits per heavy atom. The fourth-order valence-electron chi connectivity index (χ4n) is 2.07. The molecule has 0 saturated carbocycles. The molecule has 0 aromatic carbocycles. The first kappa shape index (κ1) is 17.2. The van der Waals surface area contributed by atoms with Crippen LogP contribution in [0.5, 0.6) is 0 Å². The molecule has 1 aromatic heterocycles. The van der Waals surface area contributed by atoms with Gasteiger partial charge in [-0.25, -0.2) is 13.1 Å². The molecule has 0 radical (unpaired) electrons. The van der Waals surface area contributed by atoms with Crippen molar-refractivity contribution in [2.75, 3.05) is 0 Å². The molecule has 0 aliphatic carbocycles. The number of hydrogen-bond donors (Lipinski definition) is 2. The molecule has 0 bridgehead atoms. The van der Waals surface area contributed by atoms with E-state index in [1.54, 1.807) is 12.3 Å². The third kappa shape index (κ3) is 3.62. The number of rotatable bonds is 7. The molecule has 1 aromatic rings. The molecule has 0 spiro atoms. The van der Waals surface area contributed by atoms with E-state index < -0.39 is 15.6 Å². The van der Waals surface area contributed by atoms with E-state index in [-0.39, 0.29) is 6.04 Å². The van der Waals surface area contributed by atoms with Gasteiger partial charge < -0.3 is 10.3 Å². The van der Waals surface area contributed by atoms with Gasteiger partial charge in [-0.2, -0.15) is 0 Å². The maximum Gasteiger partial charge on any atom is 0.242 e. The molecule has 0 aliphatic rings. The summed E-state index contributed by atoms with van der Waals surface area (Å²) >= 11 is 0. The molecule has 0 saturated heterocycles. The SMILES string of the molecule is CCC(C)(CC)NS(=O)(=O)c1cc(CN)n(C(C)C)c1. The fourth-order valence-corrected chi connectivity index (χ4v) is 3.66. The maximum absolute atomic E-state index is 12.5. The van der Waals surface area contributed by atoms with Crippen LogP contribution in [0.15, 0.2) is 17.2 Å². The highest BCUT2D eigenvalue weighted by Crippen LogP contribution is 2.22. The topological polar surface area (TPSA) is 77.1 Å². The van der Waals surface area contributed by atoms with Crippen LogP contribution < -0.4 is 10.5 Å². The van der Waals surface area contributed by atoms with Crippen LogP contribution in [0.1, 0.15) is 59.2 Å². The van der Waals surface area contributed by atoms with Crippen LogP contribution in [0, 0.1) is 0 Å². The van der Waals surface area contributed by atoms with Crippen molar-refractivity contribution < 1.29 is 8.42 Å². The zero-order valence-corrected chi connectivity index (χ0v) is 13.9. The Hall–Kier alpha value is -0.850. The van der Waals surface area contributed by atoms with E-state index in [1.165, 1.54) is 0 Å². The molecule has 5 nitrogen and oxygen atoms in total. The quantitative estimate of drug-likeness (QED) is 0.811. The standard InChI is InChI=1S/C14H27N3O2S/c1-6-14(5,7-2)16-20(18,19)13-8-12(9-15)17(10-13)11(3)4/h8,10-11,16H,6-7,9,15H2,1-5H3. The van der Waals surface area contributed by atoms with Crippen LogP contribution in [0.3, 0.4) is 0 Å². The van der Waals surface area contributed by atoms with Gasteiger partial charge in [0.05, 0.1) is 4.90 Å². The van der Waals surface area contributed by atoms with Gasteiger partial charge >= 0.3 is 0 Å². The normalized spacial score (nSPS) is 13.2. The molecule has 0 aliphatic heterocycles. The first-order chi connectivity index (χ1) is 9.19. The van der Waals surface area contributed by atoms with Crippen molar-refractivity contribution >= 4 is 10.0 Å². The van der Waals surface area contributed by atoms with Crippen molar-refractivity contribution in [1.29, 1.82) is 0 Å². The van der Waals surface area contributed by atoms with E-state index in [9.17, 15) is 8.42 Å². The first-order valence-electron chi connectivity index (χ1n) is 7.14. The van der Waals surface area contributed by atoms with Crippen molar-refractivity contribution in [2.45, 2.75) is 70.5 Å². The maximum atomic E-state index is 12.5. The molecule has 0 atom stereocenters. The van der Waals surface area contributed by atoms with Gasteiger partial charge in [-0.05, 0) is 39.7 Å². The smallest absolute Gasteiger partial charge is 0.242 e. The number of sulfonamides is 1. The fraction of sp³-hybridized carbons (Fsp3) is 0.714. The average molecular weight is 301 g/mol. The van der Waals surface area contributed by atoms with Gasteiger partial charge in [-0.3, -0.25) is 0 Å². The van der Waals surface area contributed by atoms with Crippen molar-refractivity contribution in [3.63, 3.8) is 0 Å². The zero-order chi connectivity index (χ0) is 15.6. The lowest BCUT2D eigenvalue weighted by molar-refractivity contribution is 0.388. The number of nitrogens with one attached hydrogen (secondary N) is 1. The van der Waals surface area contributed by atoms with E-state index >= 15 is 0 Å². The predicted molar refractivity (Wildman–Crippen MR) is 82.0 cm³/mol. The molecule has 20 heavy (non-hydrogen) atoms. The van der Waals surface area contributed by atoms with Crippen molar-refractivity contribution in [3.05, 3.63) is 18.0 Å². The Balaban J connectivity index is 3.17. The summed E-state index contributed by atoms with van der Waals surface area (Å²) in [5, 5.41) is 0. The third-order valence-corrected chi connectivity index (χ3v) is 5.53. The van der Waals surface area contributed by atoms with Gasteiger partial charge in [0.15, 0.2) is 0 Å². The minimum absolute atomic E-state index is 0.182. The van der Waals surface area contributed by atoms with Crippen LogP contribution in [-0.4, -0.2) is 18.5 Å². The molecule has 1 heterocycles. The number of hydrogen-bond acceptors (Lipinski definition) is 3. The summed E-state index contributed by atoms with van der Waals surface area (Å²) in [6.45, 7) is 10.2. The molecular weight excluding hydrogens is 274 g/mol. The second-order valence-electron chi connectivity index (χ2n) is 5.75. The molecular formula is C14H27N3O2S.